The molecule has 0 saturated carbocycles. The van der Waals surface area contributed by atoms with Crippen molar-refractivity contribution in [1.82, 2.24) is 19.4 Å². The Hall–Kier alpha value is -3.34. The lowest BCUT2D eigenvalue weighted by atomic mass is 9.42. The van der Waals surface area contributed by atoms with E-state index in [0.29, 0.717) is 22.4 Å². The highest BCUT2D eigenvalue weighted by Crippen LogP contribution is 2.38. The number of hydrogen-bond acceptors (Lipinski definition) is 5. The Morgan fingerprint density at radius 3 is 2.51 bits per heavy atom. The van der Waals surface area contributed by atoms with E-state index in [2.05, 4.69) is 9.97 Å². The molecule has 7 nitrogen and oxygen atoms in total. The van der Waals surface area contributed by atoms with Crippen LogP contribution in [0.3, 0.4) is 0 Å². The Morgan fingerprint density at radius 1 is 1.23 bits per heavy atom. The van der Waals surface area contributed by atoms with Crippen LogP contribution in [-0.2, 0) is 28.6 Å². The number of aromatic nitrogens is 3. The highest BCUT2D eigenvalue weighted by atomic mass is 19.3. The number of ether oxygens (including phenoxy) is 1. The Bertz CT molecular complexity index is 1540. The van der Waals surface area contributed by atoms with Gasteiger partial charge in [-0.15, -0.1) is 0 Å². The number of rotatable bonds is 7. The average Bonchev–Trinajstić information content (AvgIpc) is 3.22. The van der Waals surface area contributed by atoms with Crippen molar-refractivity contribution in [2.45, 2.75) is 43.3 Å². The van der Waals surface area contributed by atoms with E-state index < -0.39 is 45.9 Å². The molecule has 2 atom stereocenters. The van der Waals surface area contributed by atoms with E-state index in [-0.39, 0.29) is 24.1 Å². The normalized spacial score (nSPS) is 18.6. The summed E-state index contributed by atoms with van der Waals surface area (Å²) < 4.78 is 48.5. The average molecular weight is 530 g/mol. The zero-order valence-corrected chi connectivity index (χ0v) is 21.9. The van der Waals surface area contributed by atoms with Gasteiger partial charge in [0, 0.05) is 25.2 Å². The lowest BCUT2D eigenvalue weighted by molar-refractivity contribution is -0.130. The number of methoxy groups -OCH3 is 1. The van der Waals surface area contributed by atoms with Crippen molar-refractivity contribution in [3.8, 4) is 0 Å². The molecule has 4 rings (SSSR count). The standard InChI is InChI=1S/C26H24B3F3N4O3/c1-13(15-6-5-7-16(20(15)30)21(31)32)8-19-17-9-18(23(37)35(3)22(17)34-12-33-19)25(39-4)10-14(2)36(11-25)24(38)26(27,28)29/h5-7,9-10,12-13,21H,8,11H2,1-4H3/t13-,25?/m0/s1. The summed E-state index contributed by atoms with van der Waals surface area (Å²) in [7, 11) is 19.8. The highest BCUT2D eigenvalue weighted by Gasteiger charge is 2.44. The number of hydrogen-bond donors (Lipinski definition) is 0. The minimum Gasteiger partial charge on any atom is -0.367 e. The number of aryl methyl sites for hydroxylation is 1. The molecule has 0 spiro atoms. The molecule has 0 fully saturated rings. The zero-order chi connectivity index (χ0) is 28.9. The molecule has 6 radical (unpaired) electrons. The summed E-state index contributed by atoms with van der Waals surface area (Å²) in [5, 5.41) is -1.66. The largest absolute Gasteiger partial charge is 0.367 e. The first-order valence-corrected chi connectivity index (χ1v) is 12.1. The van der Waals surface area contributed by atoms with Gasteiger partial charge in [0.15, 0.2) is 0 Å². The van der Waals surface area contributed by atoms with Crippen LogP contribution >= 0.6 is 0 Å². The number of nitrogens with zero attached hydrogens (tertiary/aromatic N) is 4. The van der Waals surface area contributed by atoms with E-state index in [1.54, 1.807) is 26.0 Å². The summed E-state index contributed by atoms with van der Waals surface area (Å²) in [5.41, 5.74) is -0.962. The van der Waals surface area contributed by atoms with E-state index in [1.807, 2.05) is 0 Å². The number of carbonyl (C=O) groups is 1. The molecule has 39 heavy (non-hydrogen) atoms. The number of fused-ring (bicyclic) bond motifs is 1. The van der Waals surface area contributed by atoms with Crippen LogP contribution in [0.2, 0.25) is 5.11 Å². The maximum Gasteiger partial charge on any atom is 0.266 e. The van der Waals surface area contributed by atoms with Crippen molar-refractivity contribution in [3.63, 3.8) is 0 Å². The molecular weight excluding hydrogens is 506 g/mol. The highest BCUT2D eigenvalue weighted by molar-refractivity contribution is 6.68. The van der Waals surface area contributed by atoms with Gasteiger partial charge >= 0.3 is 0 Å². The summed E-state index contributed by atoms with van der Waals surface area (Å²) in [4.78, 5) is 36.1. The fourth-order valence-electron chi connectivity index (χ4n) is 4.99. The van der Waals surface area contributed by atoms with Gasteiger partial charge in [-0.2, -0.15) is 0 Å². The maximum absolute atomic E-state index is 14.9. The fourth-order valence-corrected chi connectivity index (χ4v) is 4.99. The first-order chi connectivity index (χ1) is 18.2. The number of halogens is 3. The smallest absolute Gasteiger partial charge is 0.266 e. The Morgan fingerprint density at radius 2 is 1.90 bits per heavy atom. The van der Waals surface area contributed by atoms with Crippen molar-refractivity contribution < 1.29 is 22.7 Å². The van der Waals surface area contributed by atoms with E-state index in [9.17, 15) is 22.8 Å². The summed E-state index contributed by atoms with van der Waals surface area (Å²) in [6.45, 7) is 3.22. The van der Waals surface area contributed by atoms with Crippen LogP contribution < -0.4 is 5.56 Å². The minimum atomic E-state index is -2.95. The third kappa shape index (κ3) is 5.04. The van der Waals surface area contributed by atoms with Gasteiger partial charge in [-0.3, -0.25) is 14.2 Å². The van der Waals surface area contributed by atoms with E-state index in [4.69, 9.17) is 28.3 Å². The second kappa shape index (κ2) is 10.3. The molecule has 1 aliphatic rings. The van der Waals surface area contributed by atoms with Crippen LogP contribution in [0.4, 0.5) is 13.2 Å². The molecule has 0 aliphatic carbocycles. The van der Waals surface area contributed by atoms with E-state index in [1.165, 1.54) is 42.1 Å². The molecule has 1 aromatic carbocycles. The third-order valence-corrected chi connectivity index (χ3v) is 7.11. The quantitative estimate of drug-likeness (QED) is 0.440. The first kappa shape index (κ1) is 28.7. The fraction of sp³-hybridized carbons (Fsp3) is 0.385. The first-order valence-electron chi connectivity index (χ1n) is 12.1. The van der Waals surface area contributed by atoms with Crippen LogP contribution in [0.1, 0.15) is 48.6 Å². The Kier molecular flexibility index (Phi) is 7.59. The van der Waals surface area contributed by atoms with E-state index in [0.717, 1.165) is 6.07 Å². The van der Waals surface area contributed by atoms with Crippen LogP contribution in [-0.4, -0.2) is 62.5 Å². The van der Waals surface area contributed by atoms with Crippen LogP contribution in [0, 0.1) is 5.82 Å². The minimum absolute atomic E-state index is 0.118. The third-order valence-electron chi connectivity index (χ3n) is 7.11. The molecule has 0 bridgehead atoms. The molecule has 0 saturated heterocycles. The maximum atomic E-state index is 14.9. The number of benzene rings is 1. The summed E-state index contributed by atoms with van der Waals surface area (Å²) in [5.74, 6) is -2.26. The molecular formula is C26H24B3F3N4O3. The van der Waals surface area contributed by atoms with Gasteiger partial charge in [-0.1, -0.05) is 30.2 Å². The number of alkyl halides is 2. The number of allylic oxidation sites excluding steroid dienone is 1. The number of pyridine rings is 1. The number of amides is 1. The molecule has 3 heterocycles. The van der Waals surface area contributed by atoms with Crippen molar-refractivity contribution in [3.05, 3.63) is 80.9 Å². The van der Waals surface area contributed by atoms with Gasteiger partial charge in [-0.05, 0) is 37.0 Å². The van der Waals surface area contributed by atoms with Gasteiger partial charge < -0.3 is 9.64 Å². The lowest BCUT2D eigenvalue weighted by Crippen LogP contribution is -2.45. The Balaban J connectivity index is 1.82. The molecule has 2 aromatic heterocycles. The zero-order valence-electron chi connectivity index (χ0n) is 21.9. The SMILES string of the molecule is [B]C([B])([B])C(=O)N1CC(OC)(c2cc3c(C[C@H](C)c4cccc(C(F)F)c4F)ncnc3n(C)c2=O)C=C1C. The second-order valence-corrected chi connectivity index (χ2v) is 9.84. The summed E-state index contributed by atoms with van der Waals surface area (Å²) in [6.07, 6.45) is 0.105. The van der Waals surface area contributed by atoms with Gasteiger partial charge in [-0.25, -0.2) is 23.1 Å². The van der Waals surface area contributed by atoms with Crippen molar-refractivity contribution >= 4 is 40.5 Å². The predicted octanol–water partition coefficient (Wildman–Crippen LogP) is 2.92. The molecule has 3 aromatic rings. The summed E-state index contributed by atoms with van der Waals surface area (Å²) in [6, 6.07) is 5.48. The lowest BCUT2D eigenvalue weighted by Gasteiger charge is -2.32. The molecule has 13 heteroatoms. The molecule has 0 N–H and O–H groups in total. The summed E-state index contributed by atoms with van der Waals surface area (Å²) >= 11 is 0. The number of carbonyl (C=O) groups excluding carboxylic acids is 1. The van der Waals surface area contributed by atoms with Gasteiger partial charge in [0.2, 0.25) is 5.91 Å². The second-order valence-electron chi connectivity index (χ2n) is 9.84. The topological polar surface area (TPSA) is 77.3 Å². The molecule has 196 valence electrons. The van der Waals surface area contributed by atoms with Crippen LogP contribution in [0.15, 0.2) is 47.2 Å². The van der Waals surface area contributed by atoms with Crippen LogP contribution in [0.5, 0.6) is 0 Å². The predicted molar refractivity (Wildman–Crippen MR) is 142 cm³/mol. The Labute approximate surface area is 227 Å². The molecule has 1 aliphatic heterocycles. The van der Waals surface area contributed by atoms with Crippen LogP contribution in [0.25, 0.3) is 11.0 Å². The van der Waals surface area contributed by atoms with Gasteiger partial charge in [0.1, 0.15) is 23.4 Å². The van der Waals surface area contributed by atoms with Crippen molar-refractivity contribution in [2.75, 3.05) is 13.7 Å². The monoisotopic (exact) mass is 530 g/mol. The van der Waals surface area contributed by atoms with Crippen molar-refractivity contribution in [2.24, 2.45) is 7.05 Å². The van der Waals surface area contributed by atoms with E-state index >= 15 is 0 Å². The van der Waals surface area contributed by atoms with Gasteiger partial charge in [0.05, 0.1) is 46.9 Å². The van der Waals surface area contributed by atoms with Crippen molar-refractivity contribution in [1.29, 1.82) is 0 Å². The van der Waals surface area contributed by atoms with Gasteiger partial charge in [0.25, 0.3) is 12.0 Å². The molecule has 1 unspecified atom stereocenters. The molecule has 1 amide bonds.